The van der Waals surface area contributed by atoms with Gasteiger partial charge in [-0.3, -0.25) is 4.72 Å². The Morgan fingerprint density at radius 1 is 0.750 bits per heavy atom. The molecule has 3 aromatic rings. The molecule has 0 spiro atoms. The van der Waals surface area contributed by atoms with Crippen LogP contribution in [0.2, 0.25) is 0 Å². The van der Waals surface area contributed by atoms with Crippen molar-refractivity contribution in [2.75, 3.05) is 11.0 Å². The number of nitrogens with one attached hydrogen (secondary N) is 1. The van der Waals surface area contributed by atoms with E-state index in [1.807, 2.05) is 19.1 Å². The average Bonchev–Trinajstić information content (AvgIpc) is 2.64. The van der Waals surface area contributed by atoms with E-state index in [1.165, 1.54) is 24.3 Å². The minimum atomic E-state index is -4.16. The molecule has 3 aromatic carbocycles. The maximum Gasteiger partial charge on any atom is 0.263 e. The van der Waals surface area contributed by atoms with Gasteiger partial charge in [0.2, 0.25) is 0 Å². The zero-order chi connectivity index (χ0) is 20.4. The SMILES string of the molecule is Cc1ccc(Oc2ccccc2NS(=O)(=O)c2ccccc2S(C)(=O)=O)cc1. The molecular formula is C20H19NO5S2. The minimum Gasteiger partial charge on any atom is -0.455 e. The van der Waals surface area contributed by atoms with Gasteiger partial charge in [0.15, 0.2) is 15.6 Å². The number of sulfone groups is 1. The van der Waals surface area contributed by atoms with E-state index in [4.69, 9.17) is 4.74 Å². The fourth-order valence-corrected chi connectivity index (χ4v) is 5.25. The van der Waals surface area contributed by atoms with Crippen LogP contribution in [0.5, 0.6) is 11.5 Å². The van der Waals surface area contributed by atoms with E-state index >= 15 is 0 Å². The molecule has 146 valence electrons. The summed E-state index contributed by atoms with van der Waals surface area (Å²) in [6, 6.07) is 19.3. The smallest absolute Gasteiger partial charge is 0.263 e. The molecule has 0 amide bonds. The van der Waals surface area contributed by atoms with Crippen LogP contribution in [0, 0.1) is 6.92 Å². The number of hydrogen-bond donors (Lipinski definition) is 1. The quantitative estimate of drug-likeness (QED) is 0.655. The molecule has 0 aliphatic heterocycles. The van der Waals surface area contributed by atoms with Gasteiger partial charge in [-0.25, -0.2) is 16.8 Å². The van der Waals surface area contributed by atoms with Crippen LogP contribution in [0.15, 0.2) is 82.6 Å². The van der Waals surface area contributed by atoms with Crippen LogP contribution in [0.4, 0.5) is 5.69 Å². The van der Waals surface area contributed by atoms with Crippen molar-refractivity contribution < 1.29 is 21.6 Å². The lowest BCUT2D eigenvalue weighted by atomic mass is 10.2. The molecule has 0 aliphatic carbocycles. The van der Waals surface area contributed by atoms with Crippen LogP contribution < -0.4 is 9.46 Å². The predicted molar refractivity (Wildman–Crippen MR) is 108 cm³/mol. The molecule has 0 unspecified atom stereocenters. The van der Waals surface area contributed by atoms with E-state index in [9.17, 15) is 16.8 Å². The summed E-state index contributed by atoms with van der Waals surface area (Å²) in [4.78, 5) is -0.581. The summed E-state index contributed by atoms with van der Waals surface area (Å²) in [6.45, 7) is 1.95. The summed E-state index contributed by atoms with van der Waals surface area (Å²) in [6.07, 6.45) is 0.968. The van der Waals surface area contributed by atoms with E-state index in [0.29, 0.717) is 11.5 Å². The molecule has 0 saturated heterocycles. The number of benzene rings is 3. The first kappa shape index (κ1) is 19.9. The molecule has 0 bridgehead atoms. The molecule has 0 saturated carbocycles. The fraction of sp³-hybridized carbons (Fsp3) is 0.100. The molecular weight excluding hydrogens is 398 g/mol. The standard InChI is InChI=1S/C20H19NO5S2/c1-15-11-13-16(14-12-15)26-18-8-4-3-7-17(18)21-28(24,25)20-10-6-5-9-19(20)27(2,22)23/h3-14,21H,1-2H3. The van der Waals surface area contributed by atoms with Crippen molar-refractivity contribution in [1.82, 2.24) is 0 Å². The first-order valence-electron chi connectivity index (χ1n) is 8.32. The summed E-state index contributed by atoms with van der Waals surface area (Å²) in [5.41, 5.74) is 1.27. The molecule has 1 N–H and O–H groups in total. The van der Waals surface area contributed by atoms with Gasteiger partial charge < -0.3 is 4.74 Å². The van der Waals surface area contributed by atoms with Gasteiger partial charge >= 0.3 is 0 Å². The van der Waals surface area contributed by atoms with Crippen LogP contribution in [-0.4, -0.2) is 23.1 Å². The molecule has 0 heterocycles. The van der Waals surface area contributed by atoms with Crippen LogP contribution in [-0.2, 0) is 19.9 Å². The number of sulfonamides is 1. The Morgan fingerprint density at radius 2 is 1.32 bits per heavy atom. The molecule has 28 heavy (non-hydrogen) atoms. The van der Waals surface area contributed by atoms with Crippen LogP contribution in [0.3, 0.4) is 0 Å². The van der Waals surface area contributed by atoms with Crippen molar-refractivity contribution in [2.24, 2.45) is 0 Å². The van der Waals surface area contributed by atoms with Gasteiger partial charge in [-0.2, -0.15) is 0 Å². The van der Waals surface area contributed by atoms with Crippen molar-refractivity contribution in [1.29, 1.82) is 0 Å². The van der Waals surface area contributed by atoms with Crippen LogP contribution >= 0.6 is 0 Å². The number of rotatable bonds is 6. The number of hydrogen-bond acceptors (Lipinski definition) is 5. The highest BCUT2D eigenvalue weighted by atomic mass is 32.2. The summed E-state index contributed by atoms with van der Waals surface area (Å²) < 4.78 is 57.9. The number of aryl methyl sites for hydroxylation is 1. The third-order valence-electron chi connectivity index (χ3n) is 3.92. The topological polar surface area (TPSA) is 89.5 Å². The second kappa shape index (κ2) is 7.65. The van der Waals surface area contributed by atoms with Crippen molar-refractivity contribution >= 4 is 25.5 Å². The van der Waals surface area contributed by atoms with E-state index in [2.05, 4.69) is 4.72 Å². The second-order valence-electron chi connectivity index (χ2n) is 6.24. The van der Waals surface area contributed by atoms with Crippen molar-refractivity contribution in [3.05, 3.63) is 78.4 Å². The molecule has 0 aromatic heterocycles. The molecule has 0 radical (unpaired) electrons. The second-order valence-corrected chi connectivity index (χ2v) is 9.87. The molecule has 6 nitrogen and oxygen atoms in total. The monoisotopic (exact) mass is 417 g/mol. The Bertz CT molecular complexity index is 1200. The maximum atomic E-state index is 12.9. The Morgan fingerprint density at radius 3 is 1.96 bits per heavy atom. The van der Waals surface area contributed by atoms with Crippen molar-refractivity contribution in [2.45, 2.75) is 16.7 Å². The minimum absolute atomic E-state index is 0.200. The third kappa shape index (κ3) is 4.52. The summed E-state index contributed by atoms with van der Waals surface area (Å²) in [5.74, 6) is 0.848. The lowest BCUT2D eigenvalue weighted by molar-refractivity contribution is 0.484. The summed E-state index contributed by atoms with van der Waals surface area (Å²) >= 11 is 0. The summed E-state index contributed by atoms with van der Waals surface area (Å²) in [5, 5.41) is 0. The van der Waals surface area contributed by atoms with Gasteiger partial charge in [0.05, 0.1) is 10.6 Å². The third-order valence-corrected chi connectivity index (χ3v) is 6.63. The Balaban J connectivity index is 1.97. The highest BCUT2D eigenvalue weighted by Crippen LogP contribution is 2.32. The van der Waals surface area contributed by atoms with Gasteiger partial charge in [-0.05, 0) is 43.3 Å². The lowest BCUT2D eigenvalue weighted by Gasteiger charge is -2.15. The largest absolute Gasteiger partial charge is 0.455 e. The van der Waals surface area contributed by atoms with Gasteiger partial charge in [-0.15, -0.1) is 0 Å². The summed E-state index contributed by atoms with van der Waals surface area (Å²) in [7, 11) is -7.88. The number of anilines is 1. The van der Waals surface area contributed by atoms with Crippen LogP contribution in [0.1, 0.15) is 5.56 Å². The highest BCUT2D eigenvalue weighted by Gasteiger charge is 2.24. The van der Waals surface area contributed by atoms with E-state index in [0.717, 1.165) is 11.8 Å². The van der Waals surface area contributed by atoms with E-state index in [-0.39, 0.29) is 15.5 Å². The van der Waals surface area contributed by atoms with Crippen molar-refractivity contribution in [3.63, 3.8) is 0 Å². The molecule has 0 aliphatic rings. The fourth-order valence-electron chi connectivity index (χ4n) is 2.55. The van der Waals surface area contributed by atoms with Gasteiger partial charge in [0, 0.05) is 6.26 Å². The van der Waals surface area contributed by atoms with Gasteiger partial charge in [0.1, 0.15) is 10.6 Å². The maximum absolute atomic E-state index is 12.9. The van der Waals surface area contributed by atoms with E-state index in [1.54, 1.807) is 36.4 Å². The molecule has 8 heteroatoms. The predicted octanol–water partition coefficient (Wildman–Crippen LogP) is 3.99. The normalized spacial score (nSPS) is 11.8. The van der Waals surface area contributed by atoms with Crippen LogP contribution in [0.25, 0.3) is 0 Å². The molecule has 0 atom stereocenters. The molecule has 0 fully saturated rings. The lowest BCUT2D eigenvalue weighted by Crippen LogP contribution is -2.17. The first-order valence-corrected chi connectivity index (χ1v) is 11.7. The molecule has 3 rings (SSSR count). The van der Waals surface area contributed by atoms with Crippen molar-refractivity contribution in [3.8, 4) is 11.5 Å². The zero-order valence-electron chi connectivity index (χ0n) is 15.3. The number of para-hydroxylation sites is 2. The average molecular weight is 418 g/mol. The Hall–Kier alpha value is -2.84. The van der Waals surface area contributed by atoms with Gasteiger partial charge in [-0.1, -0.05) is 42.0 Å². The van der Waals surface area contributed by atoms with E-state index < -0.39 is 19.9 Å². The Kier molecular flexibility index (Phi) is 5.44. The zero-order valence-corrected chi connectivity index (χ0v) is 16.9. The first-order chi connectivity index (χ1) is 13.2. The Labute approximate surface area is 164 Å². The highest BCUT2D eigenvalue weighted by molar-refractivity contribution is 7.95. The number of ether oxygens (including phenoxy) is 1. The van der Waals surface area contributed by atoms with Gasteiger partial charge in [0.25, 0.3) is 10.0 Å².